The quantitative estimate of drug-likeness (QED) is 0.852. The SMILES string of the molecule is O=C(NCC(c1ccc(F)cc1)N1CCOCC1)C1(c2ccccc2)CC1. The van der Waals surface area contributed by atoms with E-state index in [-0.39, 0.29) is 23.2 Å². The minimum Gasteiger partial charge on any atom is -0.379 e. The summed E-state index contributed by atoms with van der Waals surface area (Å²) in [7, 11) is 0. The van der Waals surface area contributed by atoms with Crippen LogP contribution in [0.25, 0.3) is 0 Å². The standard InChI is InChI=1S/C22H25FN2O2/c23-19-8-6-17(7-9-19)20(25-12-14-27-15-13-25)16-24-21(26)22(10-11-22)18-4-2-1-3-5-18/h1-9,20H,10-16H2,(H,24,26). The highest BCUT2D eigenvalue weighted by Gasteiger charge is 2.51. The maximum Gasteiger partial charge on any atom is 0.230 e. The van der Waals surface area contributed by atoms with Crippen molar-refractivity contribution in [3.8, 4) is 0 Å². The average molecular weight is 368 g/mol. The third-order valence-corrected chi connectivity index (χ3v) is 5.71. The van der Waals surface area contributed by atoms with Crippen molar-refractivity contribution in [2.24, 2.45) is 0 Å². The van der Waals surface area contributed by atoms with Crippen LogP contribution in [0, 0.1) is 5.82 Å². The molecule has 1 aliphatic carbocycles. The number of ether oxygens (including phenoxy) is 1. The summed E-state index contributed by atoms with van der Waals surface area (Å²) in [6, 6.07) is 16.6. The largest absolute Gasteiger partial charge is 0.379 e. The summed E-state index contributed by atoms with van der Waals surface area (Å²) < 4.78 is 18.8. The van der Waals surface area contributed by atoms with Crippen molar-refractivity contribution in [1.29, 1.82) is 0 Å². The van der Waals surface area contributed by atoms with E-state index in [2.05, 4.69) is 10.2 Å². The lowest BCUT2D eigenvalue weighted by atomic mass is 9.94. The first-order valence-corrected chi connectivity index (χ1v) is 9.60. The Bertz CT molecular complexity index is 769. The molecule has 2 fully saturated rings. The van der Waals surface area contributed by atoms with Crippen LogP contribution in [0.15, 0.2) is 54.6 Å². The fourth-order valence-corrected chi connectivity index (χ4v) is 3.92. The molecular weight excluding hydrogens is 343 g/mol. The van der Waals surface area contributed by atoms with E-state index in [9.17, 15) is 9.18 Å². The molecule has 1 heterocycles. The van der Waals surface area contributed by atoms with E-state index in [1.165, 1.54) is 12.1 Å². The molecule has 2 aromatic rings. The Morgan fingerprint density at radius 1 is 1.07 bits per heavy atom. The van der Waals surface area contributed by atoms with Crippen LogP contribution in [0.5, 0.6) is 0 Å². The van der Waals surface area contributed by atoms with Gasteiger partial charge in [-0.15, -0.1) is 0 Å². The summed E-state index contributed by atoms with van der Waals surface area (Å²) in [5.74, 6) is -0.154. The van der Waals surface area contributed by atoms with E-state index < -0.39 is 0 Å². The van der Waals surface area contributed by atoms with E-state index in [1.54, 1.807) is 0 Å². The lowest BCUT2D eigenvalue weighted by molar-refractivity contribution is -0.124. The van der Waals surface area contributed by atoms with Gasteiger partial charge in [-0.3, -0.25) is 9.69 Å². The number of benzene rings is 2. The number of halogens is 1. The summed E-state index contributed by atoms with van der Waals surface area (Å²) in [5, 5.41) is 3.18. The molecule has 0 bridgehead atoms. The van der Waals surface area contributed by atoms with E-state index >= 15 is 0 Å². The normalized spacial score (nSPS) is 20.0. The summed E-state index contributed by atoms with van der Waals surface area (Å²) in [6.07, 6.45) is 1.78. The van der Waals surface area contributed by atoms with Gasteiger partial charge in [0.25, 0.3) is 0 Å². The van der Waals surface area contributed by atoms with Gasteiger partial charge in [0.1, 0.15) is 5.82 Å². The Morgan fingerprint density at radius 3 is 2.37 bits per heavy atom. The number of nitrogens with one attached hydrogen (secondary N) is 1. The maximum absolute atomic E-state index is 13.4. The monoisotopic (exact) mass is 368 g/mol. The zero-order valence-electron chi connectivity index (χ0n) is 15.4. The van der Waals surface area contributed by atoms with Crippen LogP contribution in [-0.4, -0.2) is 43.7 Å². The molecule has 0 spiro atoms. The summed E-state index contributed by atoms with van der Waals surface area (Å²) in [6.45, 7) is 3.49. The summed E-state index contributed by atoms with van der Waals surface area (Å²) in [5.41, 5.74) is 1.73. The topological polar surface area (TPSA) is 41.6 Å². The highest BCUT2D eigenvalue weighted by atomic mass is 19.1. The highest BCUT2D eigenvalue weighted by molar-refractivity contribution is 5.91. The van der Waals surface area contributed by atoms with Gasteiger partial charge in [0.15, 0.2) is 0 Å². The minimum absolute atomic E-state index is 0.0185. The summed E-state index contributed by atoms with van der Waals surface area (Å²) in [4.78, 5) is 15.3. The van der Waals surface area contributed by atoms with Crippen molar-refractivity contribution in [2.45, 2.75) is 24.3 Å². The molecule has 1 N–H and O–H groups in total. The Hall–Kier alpha value is -2.24. The van der Waals surface area contributed by atoms with Crippen molar-refractivity contribution in [1.82, 2.24) is 10.2 Å². The van der Waals surface area contributed by atoms with Crippen LogP contribution in [0.1, 0.15) is 30.0 Å². The highest BCUT2D eigenvalue weighted by Crippen LogP contribution is 2.48. The molecule has 1 atom stereocenters. The van der Waals surface area contributed by atoms with Crippen molar-refractivity contribution in [3.05, 3.63) is 71.5 Å². The molecule has 2 aromatic carbocycles. The van der Waals surface area contributed by atoms with E-state index in [0.29, 0.717) is 19.8 Å². The molecule has 0 aromatic heterocycles. The third kappa shape index (κ3) is 3.89. The average Bonchev–Trinajstić information content (AvgIpc) is 3.53. The molecule has 1 unspecified atom stereocenters. The van der Waals surface area contributed by atoms with Crippen LogP contribution in [0.2, 0.25) is 0 Å². The number of rotatable bonds is 6. The van der Waals surface area contributed by atoms with E-state index in [1.807, 2.05) is 42.5 Å². The number of amides is 1. The molecule has 0 radical (unpaired) electrons. The second kappa shape index (κ2) is 7.79. The van der Waals surface area contributed by atoms with Gasteiger partial charge >= 0.3 is 0 Å². The number of carbonyl (C=O) groups excluding carboxylic acids is 1. The third-order valence-electron chi connectivity index (χ3n) is 5.71. The van der Waals surface area contributed by atoms with Gasteiger partial charge in [0.05, 0.1) is 24.7 Å². The number of morpholine rings is 1. The van der Waals surface area contributed by atoms with Crippen LogP contribution < -0.4 is 5.32 Å². The van der Waals surface area contributed by atoms with Crippen LogP contribution >= 0.6 is 0 Å². The van der Waals surface area contributed by atoms with Gasteiger partial charge in [0.2, 0.25) is 5.91 Å². The zero-order chi connectivity index (χ0) is 18.7. The second-order valence-corrected chi connectivity index (χ2v) is 7.37. The van der Waals surface area contributed by atoms with Crippen molar-refractivity contribution in [3.63, 3.8) is 0 Å². The molecule has 2 aliphatic rings. The minimum atomic E-state index is -0.375. The lowest BCUT2D eigenvalue weighted by Crippen LogP contribution is -2.45. The molecular formula is C22H25FN2O2. The lowest BCUT2D eigenvalue weighted by Gasteiger charge is -2.35. The first kappa shape index (κ1) is 18.1. The Labute approximate surface area is 159 Å². The molecule has 27 heavy (non-hydrogen) atoms. The van der Waals surface area contributed by atoms with Crippen LogP contribution in [-0.2, 0) is 14.9 Å². The van der Waals surface area contributed by atoms with Crippen LogP contribution in [0.3, 0.4) is 0 Å². The van der Waals surface area contributed by atoms with Crippen molar-refractivity contribution >= 4 is 5.91 Å². The molecule has 5 heteroatoms. The Morgan fingerprint density at radius 2 is 1.74 bits per heavy atom. The molecule has 1 aliphatic heterocycles. The molecule has 4 nitrogen and oxygen atoms in total. The maximum atomic E-state index is 13.4. The fraction of sp³-hybridized carbons (Fsp3) is 0.409. The zero-order valence-corrected chi connectivity index (χ0v) is 15.4. The Kier molecular flexibility index (Phi) is 5.23. The van der Waals surface area contributed by atoms with Gasteiger partial charge in [0, 0.05) is 19.6 Å². The van der Waals surface area contributed by atoms with Gasteiger partial charge in [-0.25, -0.2) is 4.39 Å². The number of carbonyl (C=O) groups is 1. The van der Waals surface area contributed by atoms with Gasteiger partial charge in [-0.1, -0.05) is 42.5 Å². The molecule has 1 saturated heterocycles. The van der Waals surface area contributed by atoms with Crippen molar-refractivity contribution in [2.75, 3.05) is 32.8 Å². The van der Waals surface area contributed by atoms with Gasteiger partial charge < -0.3 is 10.1 Å². The Balaban J connectivity index is 1.48. The first-order valence-electron chi connectivity index (χ1n) is 9.60. The summed E-state index contributed by atoms with van der Waals surface area (Å²) >= 11 is 0. The smallest absolute Gasteiger partial charge is 0.230 e. The molecule has 1 saturated carbocycles. The molecule has 1 amide bonds. The number of hydrogen-bond acceptors (Lipinski definition) is 3. The predicted octanol–water partition coefficient (Wildman–Crippen LogP) is 3.05. The van der Waals surface area contributed by atoms with Gasteiger partial charge in [-0.05, 0) is 36.1 Å². The van der Waals surface area contributed by atoms with Crippen LogP contribution in [0.4, 0.5) is 4.39 Å². The number of hydrogen-bond donors (Lipinski definition) is 1. The first-order chi connectivity index (χ1) is 13.2. The van der Waals surface area contributed by atoms with Crippen molar-refractivity contribution < 1.29 is 13.9 Å². The van der Waals surface area contributed by atoms with E-state index in [4.69, 9.17) is 4.74 Å². The second-order valence-electron chi connectivity index (χ2n) is 7.37. The molecule has 4 rings (SSSR count). The van der Waals surface area contributed by atoms with Gasteiger partial charge in [-0.2, -0.15) is 0 Å². The fourth-order valence-electron chi connectivity index (χ4n) is 3.92. The number of nitrogens with zero attached hydrogens (tertiary/aromatic N) is 1. The molecule has 142 valence electrons. The van der Waals surface area contributed by atoms with E-state index in [0.717, 1.165) is 37.1 Å². The predicted molar refractivity (Wildman–Crippen MR) is 102 cm³/mol.